The van der Waals surface area contributed by atoms with Crippen LogP contribution in [0.5, 0.6) is 0 Å². The zero-order valence-electron chi connectivity index (χ0n) is 15.6. The number of carbonyl (C=O) groups excluding carboxylic acids is 1. The Hall–Kier alpha value is -2.27. The highest BCUT2D eigenvalue weighted by Crippen LogP contribution is 2.18. The van der Waals surface area contributed by atoms with E-state index in [2.05, 4.69) is 32.9 Å². The molecule has 1 saturated heterocycles. The lowest BCUT2D eigenvalue weighted by molar-refractivity contribution is -0.131. The number of nitrogens with zero attached hydrogens (tertiary/aromatic N) is 4. The molecule has 1 fully saturated rings. The van der Waals surface area contributed by atoms with Crippen LogP contribution in [0.4, 0.5) is 0 Å². The maximum Gasteiger partial charge on any atom is 0.222 e. The van der Waals surface area contributed by atoms with Crippen molar-refractivity contribution in [3.8, 4) is 0 Å². The molecule has 138 valence electrons. The van der Waals surface area contributed by atoms with Gasteiger partial charge in [-0.25, -0.2) is 0 Å². The molecular formula is C21H28N4O. The summed E-state index contributed by atoms with van der Waals surface area (Å²) in [4.78, 5) is 25.5. The smallest absolute Gasteiger partial charge is 0.222 e. The van der Waals surface area contributed by atoms with Crippen LogP contribution in [0.15, 0.2) is 48.9 Å². The summed E-state index contributed by atoms with van der Waals surface area (Å²) in [7, 11) is 2.17. The van der Waals surface area contributed by atoms with Crippen molar-refractivity contribution < 1.29 is 4.79 Å². The number of aromatic nitrogens is 2. The van der Waals surface area contributed by atoms with E-state index < -0.39 is 0 Å². The Morgan fingerprint density at radius 1 is 1.15 bits per heavy atom. The minimum absolute atomic E-state index is 0.273. The SMILES string of the molecule is CN(Cc1ccccn1)[C@@H]1CCCN(C(=O)CCc2ccncc2)CC1. The molecule has 1 aliphatic heterocycles. The van der Waals surface area contributed by atoms with Gasteiger partial charge in [-0.1, -0.05) is 6.07 Å². The molecule has 0 spiro atoms. The van der Waals surface area contributed by atoms with Gasteiger partial charge in [0.1, 0.15) is 0 Å². The summed E-state index contributed by atoms with van der Waals surface area (Å²) in [6.07, 6.45) is 10.0. The van der Waals surface area contributed by atoms with Crippen molar-refractivity contribution in [2.45, 2.75) is 44.7 Å². The zero-order chi connectivity index (χ0) is 18.2. The molecule has 1 atom stereocenters. The summed E-state index contributed by atoms with van der Waals surface area (Å²) in [6, 6.07) is 10.5. The molecule has 0 radical (unpaired) electrons. The number of hydrogen-bond donors (Lipinski definition) is 0. The van der Waals surface area contributed by atoms with Crippen molar-refractivity contribution >= 4 is 5.91 Å². The lowest BCUT2D eigenvalue weighted by Gasteiger charge is -2.27. The fourth-order valence-corrected chi connectivity index (χ4v) is 3.60. The van der Waals surface area contributed by atoms with Crippen LogP contribution in [0.2, 0.25) is 0 Å². The van der Waals surface area contributed by atoms with Crippen LogP contribution in [-0.4, -0.2) is 51.9 Å². The molecule has 0 aliphatic carbocycles. The number of amides is 1. The summed E-state index contributed by atoms with van der Waals surface area (Å²) < 4.78 is 0. The number of rotatable bonds is 6. The van der Waals surface area contributed by atoms with Gasteiger partial charge in [0, 0.05) is 50.7 Å². The van der Waals surface area contributed by atoms with Crippen molar-refractivity contribution in [2.24, 2.45) is 0 Å². The van der Waals surface area contributed by atoms with Gasteiger partial charge in [-0.2, -0.15) is 0 Å². The molecule has 3 heterocycles. The van der Waals surface area contributed by atoms with E-state index in [1.54, 1.807) is 12.4 Å². The quantitative estimate of drug-likeness (QED) is 0.802. The monoisotopic (exact) mass is 352 g/mol. The first kappa shape index (κ1) is 18.5. The summed E-state index contributed by atoms with van der Waals surface area (Å²) in [6.45, 7) is 2.59. The van der Waals surface area contributed by atoms with Crippen molar-refractivity contribution in [2.75, 3.05) is 20.1 Å². The van der Waals surface area contributed by atoms with E-state index in [0.717, 1.165) is 51.0 Å². The predicted octanol–water partition coefficient (Wildman–Crippen LogP) is 2.92. The third-order valence-electron chi connectivity index (χ3n) is 5.19. The second-order valence-electron chi connectivity index (χ2n) is 7.06. The van der Waals surface area contributed by atoms with Crippen molar-refractivity contribution in [3.63, 3.8) is 0 Å². The fraction of sp³-hybridized carbons (Fsp3) is 0.476. The molecule has 0 N–H and O–H groups in total. The van der Waals surface area contributed by atoms with E-state index >= 15 is 0 Å². The van der Waals surface area contributed by atoms with E-state index in [9.17, 15) is 4.79 Å². The van der Waals surface area contributed by atoms with Crippen molar-refractivity contribution in [1.29, 1.82) is 0 Å². The van der Waals surface area contributed by atoms with Crippen molar-refractivity contribution in [1.82, 2.24) is 19.8 Å². The van der Waals surface area contributed by atoms with Gasteiger partial charge in [-0.3, -0.25) is 19.7 Å². The zero-order valence-corrected chi connectivity index (χ0v) is 15.6. The first-order valence-corrected chi connectivity index (χ1v) is 9.49. The van der Waals surface area contributed by atoms with Gasteiger partial charge in [-0.15, -0.1) is 0 Å². The highest BCUT2D eigenvalue weighted by Gasteiger charge is 2.23. The Kier molecular flexibility index (Phi) is 6.72. The summed E-state index contributed by atoms with van der Waals surface area (Å²) in [5.41, 5.74) is 2.28. The Bertz CT molecular complexity index is 677. The number of pyridine rings is 2. The number of aryl methyl sites for hydroxylation is 1. The van der Waals surface area contributed by atoms with Crippen LogP contribution in [0.3, 0.4) is 0 Å². The van der Waals surface area contributed by atoms with E-state index in [0.29, 0.717) is 12.5 Å². The van der Waals surface area contributed by atoms with Gasteiger partial charge in [-0.05, 0) is 62.6 Å². The molecule has 5 heteroatoms. The average molecular weight is 352 g/mol. The maximum atomic E-state index is 12.6. The van der Waals surface area contributed by atoms with Crippen LogP contribution >= 0.6 is 0 Å². The van der Waals surface area contributed by atoms with E-state index in [-0.39, 0.29) is 5.91 Å². The number of likely N-dealkylation sites (tertiary alicyclic amines) is 1. The Balaban J connectivity index is 1.47. The molecule has 2 aromatic heterocycles. The molecule has 0 aromatic carbocycles. The maximum absolute atomic E-state index is 12.6. The lowest BCUT2D eigenvalue weighted by atomic mass is 10.1. The second-order valence-corrected chi connectivity index (χ2v) is 7.06. The third-order valence-corrected chi connectivity index (χ3v) is 5.19. The van der Waals surface area contributed by atoms with Gasteiger partial charge >= 0.3 is 0 Å². The minimum Gasteiger partial charge on any atom is -0.343 e. The van der Waals surface area contributed by atoms with Gasteiger partial charge in [0.05, 0.1) is 5.69 Å². The normalized spacial score (nSPS) is 17.9. The molecule has 0 unspecified atom stereocenters. The average Bonchev–Trinajstić information content (AvgIpc) is 2.94. The van der Waals surface area contributed by atoms with Gasteiger partial charge < -0.3 is 4.90 Å². The van der Waals surface area contributed by atoms with E-state index in [4.69, 9.17) is 0 Å². The van der Waals surface area contributed by atoms with Gasteiger partial charge in [0.15, 0.2) is 0 Å². The molecule has 2 aromatic rings. The summed E-state index contributed by atoms with van der Waals surface area (Å²) in [5.74, 6) is 0.273. The van der Waals surface area contributed by atoms with Crippen molar-refractivity contribution in [3.05, 3.63) is 60.2 Å². The molecule has 26 heavy (non-hydrogen) atoms. The molecule has 5 nitrogen and oxygen atoms in total. The summed E-state index contributed by atoms with van der Waals surface area (Å²) >= 11 is 0. The first-order chi connectivity index (χ1) is 12.7. The largest absolute Gasteiger partial charge is 0.343 e. The number of hydrogen-bond acceptors (Lipinski definition) is 4. The van der Waals surface area contributed by atoms with Gasteiger partial charge in [0.25, 0.3) is 0 Å². The van der Waals surface area contributed by atoms with Crippen LogP contribution in [0, 0.1) is 0 Å². The Morgan fingerprint density at radius 2 is 2.00 bits per heavy atom. The lowest BCUT2D eigenvalue weighted by Crippen LogP contribution is -2.35. The molecule has 1 amide bonds. The van der Waals surface area contributed by atoms with E-state index in [1.807, 2.05) is 30.5 Å². The molecule has 3 rings (SSSR count). The topological polar surface area (TPSA) is 49.3 Å². The van der Waals surface area contributed by atoms with Crippen LogP contribution in [0.25, 0.3) is 0 Å². The minimum atomic E-state index is 0.273. The Morgan fingerprint density at radius 3 is 2.77 bits per heavy atom. The van der Waals surface area contributed by atoms with Crippen LogP contribution < -0.4 is 0 Å². The molecule has 0 saturated carbocycles. The highest BCUT2D eigenvalue weighted by atomic mass is 16.2. The summed E-state index contributed by atoms with van der Waals surface area (Å²) in [5, 5.41) is 0. The first-order valence-electron chi connectivity index (χ1n) is 9.49. The van der Waals surface area contributed by atoms with Crippen LogP contribution in [0.1, 0.15) is 36.9 Å². The standard InChI is InChI=1S/C21H28N4O/c1-24(17-19-5-2-3-12-23-19)20-6-4-15-25(16-11-20)21(26)8-7-18-9-13-22-14-10-18/h2-3,5,9-10,12-14,20H,4,6-8,11,15-17H2,1H3/t20-/m1/s1. The van der Waals surface area contributed by atoms with Crippen LogP contribution in [-0.2, 0) is 17.8 Å². The highest BCUT2D eigenvalue weighted by molar-refractivity contribution is 5.76. The molecule has 0 bridgehead atoms. The second kappa shape index (κ2) is 9.43. The van der Waals surface area contributed by atoms with E-state index in [1.165, 1.54) is 5.56 Å². The molecule has 1 aliphatic rings. The fourth-order valence-electron chi connectivity index (χ4n) is 3.60. The number of carbonyl (C=O) groups is 1. The predicted molar refractivity (Wildman–Crippen MR) is 102 cm³/mol. The third kappa shape index (κ3) is 5.36. The Labute approximate surface area is 156 Å². The van der Waals surface area contributed by atoms with Gasteiger partial charge in [0.2, 0.25) is 5.91 Å². The molecular weight excluding hydrogens is 324 g/mol.